The number of carbonyl (C=O) groups is 1. The number of amides is 1. The molecule has 1 fully saturated rings. The highest BCUT2D eigenvalue weighted by molar-refractivity contribution is 6.33. The zero-order valence-corrected chi connectivity index (χ0v) is 9.42. The fourth-order valence-electron chi connectivity index (χ4n) is 1.45. The minimum atomic E-state index is -0.412. The highest BCUT2D eigenvalue weighted by Crippen LogP contribution is 2.35. The van der Waals surface area contributed by atoms with Crippen molar-refractivity contribution >= 4 is 23.2 Å². The molecule has 4 N–H and O–H groups in total. The lowest BCUT2D eigenvalue weighted by molar-refractivity contribution is 0.0907. The summed E-state index contributed by atoms with van der Waals surface area (Å²) >= 11 is 5.82. The Kier molecular flexibility index (Phi) is 2.78. The van der Waals surface area contributed by atoms with Crippen molar-refractivity contribution in [1.29, 1.82) is 0 Å². The number of aliphatic hydroxyl groups is 1. The van der Waals surface area contributed by atoms with Crippen molar-refractivity contribution in [3.05, 3.63) is 28.8 Å². The van der Waals surface area contributed by atoms with E-state index >= 15 is 0 Å². The molecule has 1 aromatic rings. The van der Waals surface area contributed by atoms with Gasteiger partial charge in [-0.2, -0.15) is 0 Å². The molecular formula is C11H13ClN2O2. The molecule has 2 rings (SSSR count). The molecule has 0 unspecified atom stereocenters. The lowest BCUT2D eigenvalue weighted by Crippen LogP contribution is -2.39. The normalized spacial score (nSPS) is 16.9. The van der Waals surface area contributed by atoms with Gasteiger partial charge in [0.1, 0.15) is 0 Å². The molecule has 1 saturated carbocycles. The molecule has 0 atom stereocenters. The van der Waals surface area contributed by atoms with E-state index in [0.29, 0.717) is 16.3 Å². The lowest BCUT2D eigenvalue weighted by atomic mass is 10.1. The van der Waals surface area contributed by atoms with Gasteiger partial charge < -0.3 is 16.2 Å². The molecule has 86 valence electrons. The zero-order chi connectivity index (χ0) is 11.8. The first-order valence-electron chi connectivity index (χ1n) is 5.05. The van der Waals surface area contributed by atoms with Crippen LogP contribution in [0.5, 0.6) is 0 Å². The van der Waals surface area contributed by atoms with Crippen LogP contribution in [0.25, 0.3) is 0 Å². The highest BCUT2D eigenvalue weighted by atomic mass is 35.5. The van der Waals surface area contributed by atoms with Crippen LogP contribution in [-0.4, -0.2) is 23.2 Å². The second-order valence-corrected chi connectivity index (χ2v) is 4.54. The van der Waals surface area contributed by atoms with Crippen LogP contribution in [-0.2, 0) is 0 Å². The number of nitrogen functional groups attached to an aromatic ring is 1. The molecule has 0 saturated heterocycles. The van der Waals surface area contributed by atoms with Crippen molar-refractivity contribution in [3.63, 3.8) is 0 Å². The van der Waals surface area contributed by atoms with Crippen LogP contribution in [0, 0.1) is 0 Å². The lowest BCUT2D eigenvalue weighted by Gasteiger charge is -2.14. The van der Waals surface area contributed by atoms with Crippen LogP contribution in [0.15, 0.2) is 18.2 Å². The van der Waals surface area contributed by atoms with E-state index < -0.39 is 5.54 Å². The maximum absolute atomic E-state index is 11.8. The summed E-state index contributed by atoms with van der Waals surface area (Å²) in [5, 5.41) is 12.2. The first-order valence-corrected chi connectivity index (χ1v) is 5.42. The Balaban J connectivity index is 2.12. The number of nitrogens with two attached hydrogens (primary N) is 1. The van der Waals surface area contributed by atoms with E-state index in [1.807, 2.05) is 0 Å². The number of aliphatic hydroxyl groups excluding tert-OH is 1. The summed E-state index contributed by atoms with van der Waals surface area (Å²) in [6.45, 7) is -0.0263. The van der Waals surface area contributed by atoms with Crippen molar-refractivity contribution in [1.82, 2.24) is 5.32 Å². The summed E-state index contributed by atoms with van der Waals surface area (Å²) in [5.41, 5.74) is 6.04. The average molecular weight is 241 g/mol. The van der Waals surface area contributed by atoms with Gasteiger partial charge in [0.25, 0.3) is 5.91 Å². The Labute approximate surface area is 98.4 Å². The van der Waals surface area contributed by atoms with Crippen molar-refractivity contribution < 1.29 is 9.90 Å². The van der Waals surface area contributed by atoms with Crippen LogP contribution in [0.3, 0.4) is 0 Å². The van der Waals surface area contributed by atoms with E-state index in [2.05, 4.69) is 5.32 Å². The summed E-state index contributed by atoms with van der Waals surface area (Å²) in [6, 6.07) is 4.74. The van der Waals surface area contributed by atoms with Gasteiger partial charge in [0.15, 0.2) is 0 Å². The first kappa shape index (κ1) is 11.2. The summed E-state index contributed by atoms with van der Waals surface area (Å²) in [5.74, 6) is -0.228. The van der Waals surface area contributed by atoms with Gasteiger partial charge in [-0.3, -0.25) is 4.79 Å². The molecule has 1 amide bonds. The molecular weight excluding hydrogens is 228 g/mol. The van der Waals surface area contributed by atoms with Gasteiger partial charge in [0.05, 0.1) is 22.9 Å². The van der Waals surface area contributed by atoms with Crippen molar-refractivity contribution in [3.8, 4) is 0 Å². The monoisotopic (exact) mass is 240 g/mol. The molecule has 5 heteroatoms. The number of rotatable bonds is 3. The maximum Gasteiger partial charge on any atom is 0.251 e. The Morgan fingerprint density at radius 2 is 2.25 bits per heavy atom. The summed E-state index contributed by atoms with van der Waals surface area (Å²) in [7, 11) is 0. The molecule has 1 aliphatic carbocycles. The van der Waals surface area contributed by atoms with E-state index in [9.17, 15) is 4.79 Å². The number of halogens is 1. The van der Waals surface area contributed by atoms with Crippen LogP contribution in [0.4, 0.5) is 5.69 Å². The Bertz CT molecular complexity index is 430. The van der Waals surface area contributed by atoms with Gasteiger partial charge in [-0.15, -0.1) is 0 Å². The minimum Gasteiger partial charge on any atom is -0.398 e. The molecule has 0 bridgehead atoms. The standard InChI is InChI=1S/C11H13ClN2O2/c12-8-5-7(1-2-9(8)13)10(16)14-11(6-15)3-4-11/h1-2,5,15H,3-4,6,13H2,(H,14,16). The van der Waals surface area contributed by atoms with E-state index in [1.165, 1.54) is 6.07 Å². The number of hydrogen-bond acceptors (Lipinski definition) is 3. The van der Waals surface area contributed by atoms with E-state index in [0.717, 1.165) is 12.8 Å². The predicted octanol–water partition coefficient (Wildman–Crippen LogP) is 1.18. The summed E-state index contributed by atoms with van der Waals surface area (Å²) in [4.78, 5) is 11.8. The third-order valence-corrected chi connectivity index (χ3v) is 3.12. The fourth-order valence-corrected chi connectivity index (χ4v) is 1.64. The second kappa shape index (κ2) is 3.96. The van der Waals surface area contributed by atoms with E-state index in [-0.39, 0.29) is 12.5 Å². The number of benzene rings is 1. The first-order chi connectivity index (χ1) is 7.56. The second-order valence-electron chi connectivity index (χ2n) is 4.13. The topological polar surface area (TPSA) is 75.4 Å². The third kappa shape index (κ3) is 2.13. The minimum absolute atomic E-state index is 0.0263. The SMILES string of the molecule is Nc1ccc(C(=O)NC2(CO)CC2)cc1Cl. The van der Waals surface area contributed by atoms with Crippen molar-refractivity contribution in [2.24, 2.45) is 0 Å². The Morgan fingerprint density at radius 1 is 1.56 bits per heavy atom. The largest absolute Gasteiger partial charge is 0.398 e. The van der Waals surface area contributed by atoms with Gasteiger partial charge in [0, 0.05) is 5.56 Å². The van der Waals surface area contributed by atoms with Gasteiger partial charge in [0.2, 0.25) is 0 Å². The van der Waals surface area contributed by atoms with Gasteiger partial charge in [-0.1, -0.05) is 11.6 Å². The fraction of sp³-hybridized carbons (Fsp3) is 0.364. The number of anilines is 1. The van der Waals surface area contributed by atoms with Gasteiger partial charge in [-0.05, 0) is 31.0 Å². The molecule has 0 spiro atoms. The summed E-state index contributed by atoms with van der Waals surface area (Å²) < 4.78 is 0. The molecule has 4 nitrogen and oxygen atoms in total. The Morgan fingerprint density at radius 3 is 2.75 bits per heavy atom. The average Bonchev–Trinajstić information content (AvgIpc) is 3.02. The van der Waals surface area contributed by atoms with Crippen molar-refractivity contribution in [2.45, 2.75) is 18.4 Å². The predicted molar refractivity (Wildman–Crippen MR) is 62.4 cm³/mol. The molecule has 1 aliphatic rings. The van der Waals surface area contributed by atoms with Crippen LogP contribution < -0.4 is 11.1 Å². The number of nitrogens with one attached hydrogen (secondary N) is 1. The maximum atomic E-state index is 11.8. The molecule has 0 radical (unpaired) electrons. The summed E-state index contributed by atoms with van der Waals surface area (Å²) in [6.07, 6.45) is 1.63. The molecule has 0 heterocycles. The highest BCUT2D eigenvalue weighted by Gasteiger charge is 2.43. The smallest absolute Gasteiger partial charge is 0.251 e. The van der Waals surface area contributed by atoms with Gasteiger partial charge in [-0.25, -0.2) is 0 Å². The van der Waals surface area contributed by atoms with Gasteiger partial charge >= 0.3 is 0 Å². The van der Waals surface area contributed by atoms with Crippen LogP contribution in [0.2, 0.25) is 5.02 Å². The zero-order valence-electron chi connectivity index (χ0n) is 8.66. The third-order valence-electron chi connectivity index (χ3n) is 2.80. The Hall–Kier alpha value is -1.26. The van der Waals surface area contributed by atoms with Crippen molar-refractivity contribution in [2.75, 3.05) is 12.3 Å². The van der Waals surface area contributed by atoms with Crippen LogP contribution in [0.1, 0.15) is 23.2 Å². The number of hydrogen-bond donors (Lipinski definition) is 3. The quantitative estimate of drug-likeness (QED) is 0.695. The molecule has 16 heavy (non-hydrogen) atoms. The molecule has 0 aliphatic heterocycles. The van der Waals surface area contributed by atoms with E-state index in [1.54, 1.807) is 12.1 Å². The van der Waals surface area contributed by atoms with Crippen LogP contribution >= 0.6 is 11.6 Å². The van der Waals surface area contributed by atoms with E-state index in [4.69, 9.17) is 22.4 Å². The molecule has 1 aromatic carbocycles. The molecule has 0 aromatic heterocycles. The number of carbonyl (C=O) groups excluding carboxylic acids is 1.